The van der Waals surface area contributed by atoms with E-state index in [1.165, 1.54) is 18.3 Å². The van der Waals surface area contributed by atoms with Crippen LogP contribution in [0.25, 0.3) is 10.9 Å². The van der Waals surface area contributed by atoms with Gasteiger partial charge in [0.15, 0.2) is 5.16 Å². The van der Waals surface area contributed by atoms with Crippen molar-refractivity contribution in [2.24, 2.45) is 0 Å². The van der Waals surface area contributed by atoms with Crippen LogP contribution in [0.4, 0.5) is 10.1 Å². The normalized spacial score (nSPS) is 10.8. The highest BCUT2D eigenvalue weighted by Gasteiger charge is 2.14. The Labute approximate surface area is 117 Å². The summed E-state index contributed by atoms with van der Waals surface area (Å²) < 4.78 is 14.1. The quantitative estimate of drug-likeness (QED) is 0.558. The van der Waals surface area contributed by atoms with Gasteiger partial charge in [0, 0.05) is 29.5 Å². The fourth-order valence-electron chi connectivity index (χ4n) is 1.81. The van der Waals surface area contributed by atoms with Crippen molar-refractivity contribution in [2.45, 2.75) is 10.1 Å². The van der Waals surface area contributed by atoms with Crippen molar-refractivity contribution in [3.8, 4) is 0 Å². The summed E-state index contributed by atoms with van der Waals surface area (Å²) in [5.41, 5.74) is 6.25. The van der Waals surface area contributed by atoms with Crippen LogP contribution < -0.4 is 11.3 Å². The first-order valence-electron chi connectivity index (χ1n) is 5.71. The molecule has 0 atom stereocenters. The zero-order valence-corrected chi connectivity index (χ0v) is 10.9. The van der Waals surface area contributed by atoms with Gasteiger partial charge in [0.05, 0.1) is 10.4 Å². The summed E-state index contributed by atoms with van der Waals surface area (Å²) in [6.07, 6.45) is 2.93. The molecule has 2 aromatic heterocycles. The Morgan fingerprint density at radius 2 is 2.10 bits per heavy atom. The molecule has 0 aliphatic rings. The van der Waals surface area contributed by atoms with Gasteiger partial charge < -0.3 is 10.7 Å². The van der Waals surface area contributed by atoms with E-state index in [-0.39, 0.29) is 10.5 Å². The highest BCUT2D eigenvalue weighted by molar-refractivity contribution is 7.99. The number of anilines is 1. The SMILES string of the molecule is Nc1cc(F)c(Sc2nccc(=O)[nH]2)c2ncccc12. The first kappa shape index (κ1) is 12.6. The third kappa shape index (κ3) is 2.23. The molecule has 0 unspecified atom stereocenters. The first-order valence-corrected chi connectivity index (χ1v) is 6.52. The monoisotopic (exact) mass is 288 g/mol. The Hall–Kier alpha value is -2.41. The number of nitrogens with one attached hydrogen (secondary N) is 1. The molecule has 20 heavy (non-hydrogen) atoms. The molecule has 0 aliphatic heterocycles. The number of aromatic amines is 1. The van der Waals surface area contributed by atoms with Gasteiger partial charge >= 0.3 is 0 Å². The van der Waals surface area contributed by atoms with Gasteiger partial charge in [-0.3, -0.25) is 9.78 Å². The van der Waals surface area contributed by atoms with Gasteiger partial charge in [-0.15, -0.1) is 0 Å². The van der Waals surface area contributed by atoms with E-state index in [2.05, 4.69) is 15.0 Å². The molecule has 0 bridgehead atoms. The second-order valence-corrected chi connectivity index (χ2v) is 5.02. The molecule has 3 N–H and O–H groups in total. The van der Waals surface area contributed by atoms with Gasteiger partial charge in [0.25, 0.3) is 5.56 Å². The molecule has 0 amide bonds. The van der Waals surface area contributed by atoms with E-state index in [9.17, 15) is 9.18 Å². The molecule has 0 radical (unpaired) electrons. The van der Waals surface area contributed by atoms with E-state index in [0.29, 0.717) is 21.7 Å². The lowest BCUT2D eigenvalue weighted by atomic mass is 10.2. The smallest absolute Gasteiger partial charge is 0.251 e. The van der Waals surface area contributed by atoms with Crippen LogP contribution >= 0.6 is 11.8 Å². The fourth-order valence-corrected chi connectivity index (χ4v) is 2.68. The minimum Gasteiger partial charge on any atom is -0.398 e. The molecule has 7 heteroatoms. The molecule has 0 spiro atoms. The number of nitrogens with zero attached hydrogens (tertiary/aromatic N) is 2. The molecule has 2 heterocycles. The average molecular weight is 288 g/mol. The summed E-state index contributed by atoms with van der Waals surface area (Å²) in [4.78, 5) is 22.2. The van der Waals surface area contributed by atoms with Crippen LogP contribution in [0.1, 0.15) is 0 Å². The van der Waals surface area contributed by atoms with Crippen molar-refractivity contribution in [3.05, 3.63) is 52.8 Å². The number of H-pyrrole nitrogens is 1. The number of aromatic nitrogens is 3. The number of fused-ring (bicyclic) bond motifs is 1. The lowest BCUT2D eigenvalue weighted by molar-refractivity contribution is 0.605. The van der Waals surface area contributed by atoms with E-state index in [1.54, 1.807) is 18.3 Å². The van der Waals surface area contributed by atoms with Gasteiger partial charge in [0.2, 0.25) is 0 Å². The molecular formula is C13H9FN4OS. The average Bonchev–Trinajstić information content (AvgIpc) is 2.43. The zero-order valence-electron chi connectivity index (χ0n) is 10.1. The number of hydrogen-bond acceptors (Lipinski definition) is 5. The summed E-state index contributed by atoms with van der Waals surface area (Å²) in [5.74, 6) is -0.495. The summed E-state index contributed by atoms with van der Waals surface area (Å²) in [6.45, 7) is 0. The van der Waals surface area contributed by atoms with Gasteiger partial charge in [-0.2, -0.15) is 0 Å². The topological polar surface area (TPSA) is 84.7 Å². The summed E-state index contributed by atoms with van der Waals surface area (Å²) >= 11 is 1.01. The Bertz CT molecular complexity index is 849. The minimum absolute atomic E-state index is 0.282. The standard InChI is InChI=1S/C13H9FN4OS/c14-8-6-9(15)7-2-1-4-16-11(7)12(8)20-13-17-5-3-10(19)18-13/h1-6H,15H2,(H,17,18,19). The molecule has 100 valence electrons. The van der Waals surface area contributed by atoms with Crippen molar-refractivity contribution in [3.63, 3.8) is 0 Å². The summed E-state index contributed by atoms with van der Waals surface area (Å²) in [6, 6.07) is 6.03. The summed E-state index contributed by atoms with van der Waals surface area (Å²) in [7, 11) is 0. The molecular weight excluding hydrogens is 279 g/mol. The Kier molecular flexibility index (Phi) is 3.11. The number of nitrogens with two attached hydrogens (primary N) is 1. The number of halogens is 1. The van der Waals surface area contributed by atoms with Crippen molar-refractivity contribution in [1.29, 1.82) is 0 Å². The van der Waals surface area contributed by atoms with Crippen molar-refractivity contribution >= 4 is 28.4 Å². The van der Waals surface area contributed by atoms with Crippen LogP contribution in [0.2, 0.25) is 0 Å². The Morgan fingerprint density at radius 3 is 2.90 bits per heavy atom. The van der Waals surface area contributed by atoms with Crippen LogP contribution in [0, 0.1) is 5.82 Å². The van der Waals surface area contributed by atoms with E-state index >= 15 is 0 Å². The molecule has 5 nitrogen and oxygen atoms in total. The maximum atomic E-state index is 14.1. The number of benzene rings is 1. The molecule has 0 aliphatic carbocycles. The van der Waals surface area contributed by atoms with Gasteiger partial charge in [-0.25, -0.2) is 9.37 Å². The molecule has 3 rings (SSSR count). The van der Waals surface area contributed by atoms with Gasteiger partial charge in [-0.1, -0.05) is 0 Å². The Balaban J connectivity index is 2.18. The number of nitrogen functional groups attached to an aromatic ring is 1. The maximum absolute atomic E-state index is 14.1. The van der Waals surface area contributed by atoms with E-state index in [1.807, 2.05) is 0 Å². The van der Waals surface area contributed by atoms with E-state index < -0.39 is 5.82 Å². The molecule has 3 aromatic rings. The summed E-state index contributed by atoms with van der Waals surface area (Å²) in [5, 5.41) is 0.961. The van der Waals surface area contributed by atoms with Crippen LogP contribution in [0.5, 0.6) is 0 Å². The second kappa shape index (κ2) is 4.93. The lowest BCUT2D eigenvalue weighted by Gasteiger charge is -2.08. The zero-order chi connectivity index (χ0) is 14.1. The highest BCUT2D eigenvalue weighted by Crippen LogP contribution is 2.35. The van der Waals surface area contributed by atoms with Crippen LogP contribution in [0.3, 0.4) is 0 Å². The number of pyridine rings is 1. The number of hydrogen-bond donors (Lipinski definition) is 2. The largest absolute Gasteiger partial charge is 0.398 e. The van der Waals surface area contributed by atoms with Crippen LogP contribution in [-0.2, 0) is 0 Å². The first-order chi connectivity index (χ1) is 9.65. The molecule has 0 saturated carbocycles. The fraction of sp³-hybridized carbons (Fsp3) is 0. The van der Waals surface area contributed by atoms with Crippen molar-refractivity contribution < 1.29 is 4.39 Å². The number of rotatable bonds is 2. The maximum Gasteiger partial charge on any atom is 0.251 e. The minimum atomic E-state index is -0.495. The second-order valence-electron chi connectivity index (χ2n) is 4.02. The highest BCUT2D eigenvalue weighted by atomic mass is 32.2. The van der Waals surface area contributed by atoms with Gasteiger partial charge in [0.1, 0.15) is 5.82 Å². The Morgan fingerprint density at radius 1 is 1.25 bits per heavy atom. The van der Waals surface area contributed by atoms with E-state index in [0.717, 1.165) is 11.8 Å². The predicted molar refractivity (Wildman–Crippen MR) is 75.1 cm³/mol. The van der Waals surface area contributed by atoms with E-state index in [4.69, 9.17) is 5.73 Å². The predicted octanol–water partition coefficient (Wildman–Crippen LogP) is 2.19. The molecule has 1 aromatic carbocycles. The van der Waals surface area contributed by atoms with Crippen LogP contribution in [0.15, 0.2) is 51.5 Å². The molecule has 0 saturated heterocycles. The molecule has 0 fully saturated rings. The van der Waals surface area contributed by atoms with Crippen molar-refractivity contribution in [1.82, 2.24) is 15.0 Å². The van der Waals surface area contributed by atoms with Crippen LogP contribution in [-0.4, -0.2) is 15.0 Å². The third-order valence-electron chi connectivity index (χ3n) is 2.68. The lowest BCUT2D eigenvalue weighted by Crippen LogP contribution is -2.05. The van der Waals surface area contributed by atoms with Gasteiger partial charge in [-0.05, 0) is 30.0 Å². The van der Waals surface area contributed by atoms with Crippen molar-refractivity contribution in [2.75, 3.05) is 5.73 Å². The third-order valence-corrected chi connectivity index (χ3v) is 3.67.